The van der Waals surface area contributed by atoms with Crippen LogP contribution in [0.15, 0.2) is 24.3 Å². The van der Waals surface area contributed by atoms with E-state index in [4.69, 9.17) is 23.0 Å². The van der Waals surface area contributed by atoms with E-state index in [9.17, 15) is 14.2 Å². The molecule has 0 N–H and O–H groups in total. The summed E-state index contributed by atoms with van der Waals surface area (Å²) in [5, 5.41) is 0. The lowest BCUT2D eigenvalue weighted by molar-refractivity contribution is -0.161. The van der Waals surface area contributed by atoms with Crippen LogP contribution in [0.2, 0.25) is 0 Å². The van der Waals surface area contributed by atoms with Gasteiger partial charge in [0, 0.05) is 12.8 Å². The Hall–Kier alpha value is -1.47. The number of hydrogen-bond acceptors (Lipinski definition) is 8. The molecule has 0 rings (SSSR count). The highest BCUT2D eigenvalue weighted by molar-refractivity contribution is 7.48. The van der Waals surface area contributed by atoms with Crippen molar-refractivity contribution in [3.05, 3.63) is 24.3 Å². The first-order valence-electron chi connectivity index (χ1n) is 22.4. The average molecular weight is 785 g/mol. The fraction of sp³-hybridized carbons (Fsp3) is 0.867. The zero-order valence-corrected chi connectivity index (χ0v) is 36.9. The largest absolute Gasteiger partial charge is 0.475 e. The summed E-state index contributed by atoms with van der Waals surface area (Å²) in [7, 11) is -3.92. The molecule has 1 atom stereocenters. The molecule has 0 aromatic rings. The fourth-order valence-corrected chi connectivity index (χ4v) is 7.63. The van der Waals surface area contributed by atoms with Crippen molar-refractivity contribution in [2.24, 2.45) is 0 Å². The number of phosphoric ester groups is 1. The molecule has 0 saturated heterocycles. The zero-order chi connectivity index (χ0) is 40.0. The Morgan fingerprint density at radius 3 is 1.22 bits per heavy atom. The van der Waals surface area contributed by atoms with Gasteiger partial charge < -0.3 is 9.47 Å². The van der Waals surface area contributed by atoms with Gasteiger partial charge in [0.25, 0.3) is 0 Å². The fourth-order valence-electron chi connectivity index (χ4n) is 6.08. The second-order valence-corrected chi connectivity index (χ2v) is 17.1. The Morgan fingerprint density at radius 2 is 0.833 bits per heavy atom. The molecule has 54 heavy (non-hydrogen) atoms. The number of hydrogen-bond donors (Lipinski definition) is 0. The Bertz CT molecular complexity index is 949. The zero-order valence-electron chi connectivity index (χ0n) is 36.0. The summed E-state index contributed by atoms with van der Waals surface area (Å²) in [6.45, 7) is 11.0. The third-order valence-corrected chi connectivity index (χ3v) is 10.9. The maximum absolute atomic E-state index is 13.2. The van der Waals surface area contributed by atoms with Crippen LogP contribution in [0.1, 0.15) is 221 Å². The van der Waals surface area contributed by atoms with Crippen molar-refractivity contribution < 1.29 is 37.2 Å². The quantitative estimate of drug-likeness (QED) is 0.0262. The number of phosphoric acid groups is 1. The van der Waals surface area contributed by atoms with Gasteiger partial charge in [0.2, 0.25) is 0 Å². The molecule has 9 heteroatoms. The smallest absolute Gasteiger partial charge is 0.462 e. The summed E-state index contributed by atoms with van der Waals surface area (Å²) in [6, 6.07) is 0. The number of carbonyl (C=O) groups is 2. The minimum absolute atomic E-state index is 0.175. The van der Waals surface area contributed by atoms with Crippen molar-refractivity contribution in [1.82, 2.24) is 0 Å². The van der Waals surface area contributed by atoms with E-state index >= 15 is 0 Å². The number of allylic oxidation sites excluding steroid dienone is 4. The summed E-state index contributed by atoms with van der Waals surface area (Å²) in [4.78, 5) is 25.3. The third-order valence-electron chi connectivity index (χ3n) is 9.11. The van der Waals surface area contributed by atoms with Crippen LogP contribution in [0.5, 0.6) is 0 Å². The molecule has 0 spiro atoms. The van der Waals surface area contributed by atoms with Gasteiger partial charge in [-0.25, -0.2) is 4.57 Å². The van der Waals surface area contributed by atoms with Gasteiger partial charge >= 0.3 is 19.8 Å². The molecule has 0 aliphatic heterocycles. The molecule has 8 nitrogen and oxygen atoms in total. The van der Waals surface area contributed by atoms with Crippen molar-refractivity contribution in [2.75, 3.05) is 13.2 Å². The Kier molecular flexibility index (Phi) is 37.4. The second-order valence-electron chi connectivity index (χ2n) is 15.5. The summed E-state index contributed by atoms with van der Waals surface area (Å²) < 4.78 is 41.0. The van der Waals surface area contributed by atoms with E-state index in [-0.39, 0.29) is 31.6 Å². The van der Waals surface area contributed by atoms with E-state index in [0.29, 0.717) is 6.42 Å². The number of carbonyl (C=O) groups excluding carboxylic acids is 2. The minimum atomic E-state index is -3.92. The molecule has 0 aliphatic carbocycles. The van der Waals surface area contributed by atoms with Gasteiger partial charge in [0.15, 0.2) is 6.10 Å². The van der Waals surface area contributed by atoms with Crippen LogP contribution >= 0.6 is 7.82 Å². The van der Waals surface area contributed by atoms with Crippen LogP contribution in [0, 0.1) is 0 Å². The van der Waals surface area contributed by atoms with Crippen molar-refractivity contribution in [1.29, 1.82) is 0 Å². The molecule has 0 aromatic carbocycles. The van der Waals surface area contributed by atoms with E-state index < -0.39 is 26.1 Å². The second kappa shape index (κ2) is 38.4. The normalized spacial score (nSPS) is 12.8. The van der Waals surface area contributed by atoms with Crippen molar-refractivity contribution in [2.45, 2.75) is 240 Å². The van der Waals surface area contributed by atoms with Crippen molar-refractivity contribution in [3.63, 3.8) is 0 Å². The first kappa shape index (κ1) is 52.5. The lowest BCUT2D eigenvalue weighted by atomic mass is 10.1. The number of unbranched alkanes of at least 4 members (excludes halogenated alkanes) is 22. The van der Waals surface area contributed by atoms with Gasteiger partial charge in [-0.1, -0.05) is 141 Å². The van der Waals surface area contributed by atoms with Crippen LogP contribution in [-0.2, 0) is 37.2 Å². The van der Waals surface area contributed by atoms with Crippen molar-refractivity contribution in [3.8, 4) is 0 Å². The molecule has 0 heterocycles. The molecule has 0 bridgehead atoms. The summed E-state index contributed by atoms with van der Waals surface area (Å²) in [5.74, 6) is -0.732. The number of rotatable bonds is 40. The van der Waals surface area contributed by atoms with Crippen LogP contribution in [0.3, 0.4) is 0 Å². The standard InChI is InChI=1S/C45H85O8P/c1-7-9-11-13-15-17-19-21-23-25-27-29-31-33-35-37-44(46)49-39-43(40-50-54(48,52-41(3)4)53-42(5)6)51-45(47)38-36-34-32-30-28-26-24-22-20-18-16-14-12-10-8-2/h21-24,41-43H,7-20,25-40H2,1-6H3/b23-21-,24-22-/t43-/m1/s1. The average Bonchev–Trinajstić information content (AvgIpc) is 3.12. The van der Waals surface area contributed by atoms with Gasteiger partial charge in [-0.05, 0) is 91.9 Å². The summed E-state index contributed by atoms with van der Waals surface area (Å²) in [5.41, 5.74) is 0. The Labute approximate surface area is 333 Å². The van der Waals surface area contributed by atoms with E-state index in [1.165, 1.54) is 96.3 Å². The predicted octanol–water partition coefficient (Wildman–Crippen LogP) is 14.5. The molecule has 0 amide bonds. The highest BCUT2D eigenvalue weighted by Gasteiger charge is 2.32. The summed E-state index contributed by atoms with van der Waals surface area (Å²) >= 11 is 0. The highest BCUT2D eigenvalue weighted by Crippen LogP contribution is 2.51. The van der Waals surface area contributed by atoms with Crippen molar-refractivity contribution >= 4 is 19.8 Å². The Balaban J connectivity index is 4.47. The van der Waals surface area contributed by atoms with E-state index in [1.807, 2.05) is 0 Å². The van der Waals surface area contributed by atoms with Gasteiger partial charge in [-0.3, -0.25) is 23.2 Å². The van der Waals surface area contributed by atoms with Crippen LogP contribution in [0.4, 0.5) is 0 Å². The third kappa shape index (κ3) is 37.5. The van der Waals surface area contributed by atoms with Gasteiger partial charge in [0.05, 0.1) is 18.8 Å². The lowest BCUT2D eigenvalue weighted by Crippen LogP contribution is -2.30. The SMILES string of the molecule is CCCCCCCC/C=C\CCCCCCCC(=O)OC[C@H](COP(=O)(OC(C)C)OC(C)C)OC(=O)CCCCCCC/C=C\CCCCCCCC. The van der Waals surface area contributed by atoms with Crippen LogP contribution < -0.4 is 0 Å². The van der Waals surface area contributed by atoms with Gasteiger partial charge in [-0.2, -0.15) is 0 Å². The topological polar surface area (TPSA) is 97.4 Å². The lowest BCUT2D eigenvalue weighted by Gasteiger charge is -2.24. The van der Waals surface area contributed by atoms with E-state index in [2.05, 4.69) is 38.2 Å². The highest BCUT2D eigenvalue weighted by atomic mass is 31.2. The summed E-state index contributed by atoms with van der Waals surface area (Å²) in [6.07, 6.45) is 39.0. The van der Waals surface area contributed by atoms with E-state index in [0.717, 1.165) is 70.6 Å². The first-order chi connectivity index (χ1) is 26.1. The molecule has 0 radical (unpaired) electrons. The monoisotopic (exact) mass is 785 g/mol. The molecule has 0 aliphatic rings. The molecule has 0 saturated carbocycles. The van der Waals surface area contributed by atoms with Crippen LogP contribution in [-0.4, -0.2) is 43.5 Å². The molecular weight excluding hydrogens is 699 g/mol. The maximum Gasteiger partial charge on any atom is 0.475 e. The predicted molar refractivity (Wildman–Crippen MR) is 226 cm³/mol. The first-order valence-corrected chi connectivity index (χ1v) is 23.8. The molecule has 318 valence electrons. The van der Waals surface area contributed by atoms with Gasteiger partial charge in [-0.15, -0.1) is 0 Å². The molecular formula is C45H85O8P. The molecule has 0 fully saturated rings. The number of ether oxygens (including phenoxy) is 2. The van der Waals surface area contributed by atoms with E-state index in [1.54, 1.807) is 27.7 Å². The van der Waals surface area contributed by atoms with Crippen LogP contribution in [0.25, 0.3) is 0 Å². The number of esters is 2. The molecule has 0 unspecified atom stereocenters. The maximum atomic E-state index is 13.2. The van der Waals surface area contributed by atoms with Gasteiger partial charge in [0.1, 0.15) is 6.61 Å². The molecule has 0 aromatic heterocycles. The Morgan fingerprint density at radius 1 is 0.481 bits per heavy atom. The minimum Gasteiger partial charge on any atom is -0.462 e.